The smallest absolute Gasteiger partial charge is 0.244 e. The quantitative estimate of drug-likeness (QED) is 0.811. The van der Waals surface area contributed by atoms with Crippen LogP contribution in [0.5, 0.6) is 0 Å². The van der Waals surface area contributed by atoms with Crippen LogP contribution in [0, 0.1) is 23.2 Å². The van der Waals surface area contributed by atoms with Gasteiger partial charge >= 0.3 is 0 Å². The average Bonchev–Trinajstić information content (AvgIpc) is 2.52. The van der Waals surface area contributed by atoms with Crippen molar-refractivity contribution in [3.8, 4) is 0 Å². The molecule has 4 saturated carbocycles. The Bertz CT molecular complexity index is 458. The fourth-order valence-corrected chi connectivity index (χ4v) is 5.86. The molecule has 4 aliphatic carbocycles. The van der Waals surface area contributed by atoms with Crippen molar-refractivity contribution in [3.63, 3.8) is 0 Å². The number of allylic oxidation sites excluding steroid dienone is 1. The van der Waals surface area contributed by atoms with Crippen molar-refractivity contribution in [2.75, 3.05) is 26.4 Å². The molecular formula is C19H29NO3. The third kappa shape index (κ3) is 3.20. The molecule has 1 atom stereocenters. The van der Waals surface area contributed by atoms with Gasteiger partial charge in [-0.1, -0.05) is 5.57 Å². The summed E-state index contributed by atoms with van der Waals surface area (Å²) in [6.45, 7) is 4.60. The summed E-state index contributed by atoms with van der Waals surface area (Å²) in [7, 11) is 0. The van der Waals surface area contributed by atoms with E-state index in [2.05, 4.69) is 12.2 Å². The number of rotatable bonds is 4. The zero-order valence-electron chi connectivity index (χ0n) is 14.2. The standard InChI is InChI=1S/C19H29NO3/c1-13(4-18(21)20-11-17-12-22-2-3-23-17)19-8-14-5-15(9-19)7-16(6-14)10-19/h4,14-17H,2-3,5-12H2,1H3,(H,20,21)/b13-4+/t14?,15?,16?,17-,19?/m0/s1. The Balaban J connectivity index is 1.37. The highest BCUT2D eigenvalue weighted by atomic mass is 16.6. The van der Waals surface area contributed by atoms with Gasteiger partial charge in [-0.2, -0.15) is 0 Å². The van der Waals surface area contributed by atoms with E-state index in [1.54, 1.807) is 0 Å². The Labute approximate surface area is 139 Å². The molecular weight excluding hydrogens is 290 g/mol. The Kier molecular flexibility index (Phi) is 4.22. The molecule has 5 rings (SSSR count). The molecule has 4 heteroatoms. The average molecular weight is 319 g/mol. The van der Waals surface area contributed by atoms with Crippen molar-refractivity contribution in [3.05, 3.63) is 11.6 Å². The van der Waals surface area contributed by atoms with Gasteiger partial charge in [-0.25, -0.2) is 0 Å². The highest BCUT2D eigenvalue weighted by Crippen LogP contribution is 2.62. The summed E-state index contributed by atoms with van der Waals surface area (Å²) >= 11 is 0. The van der Waals surface area contributed by atoms with Gasteiger partial charge < -0.3 is 14.8 Å². The van der Waals surface area contributed by atoms with Crippen LogP contribution in [0.15, 0.2) is 11.6 Å². The van der Waals surface area contributed by atoms with E-state index in [0.717, 1.165) is 17.8 Å². The van der Waals surface area contributed by atoms with E-state index in [0.29, 0.717) is 31.8 Å². The molecule has 4 bridgehead atoms. The lowest BCUT2D eigenvalue weighted by molar-refractivity contribution is -0.119. The van der Waals surface area contributed by atoms with Gasteiger partial charge in [-0.3, -0.25) is 4.79 Å². The molecule has 1 aliphatic heterocycles. The highest BCUT2D eigenvalue weighted by Gasteiger charge is 2.51. The number of hydrogen-bond acceptors (Lipinski definition) is 3. The van der Waals surface area contributed by atoms with Crippen molar-refractivity contribution in [2.45, 2.75) is 51.6 Å². The zero-order chi connectivity index (χ0) is 15.9. The summed E-state index contributed by atoms with van der Waals surface area (Å²) < 4.78 is 10.9. The summed E-state index contributed by atoms with van der Waals surface area (Å²) in [5.41, 5.74) is 1.64. The van der Waals surface area contributed by atoms with Gasteiger partial charge in [-0.15, -0.1) is 0 Å². The maximum Gasteiger partial charge on any atom is 0.244 e. The molecule has 0 radical (unpaired) electrons. The Morgan fingerprint density at radius 3 is 2.35 bits per heavy atom. The SMILES string of the molecule is C/C(=C\C(=O)NC[C@H]1COCCO1)C12CC3CC(CC(C3)C1)C2. The monoisotopic (exact) mass is 319 g/mol. The molecule has 128 valence electrons. The molecule has 5 aliphatic rings. The van der Waals surface area contributed by atoms with Gasteiger partial charge in [0, 0.05) is 12.6 Å². The zero-order valence-corrected chi connectivity index (χ0v) is 14.2. The van der Waals surface area contributed by atoms with E-state index >= 15 is 0 Å². The number of amides is 1. The number of nitrogens with one attached hydrogen (secondary N) is 1. The molecule has 0 unspecified atom stereocenters. The minimum atomic E-state index is 0.000885. The van der Waals surface area contributed by atoms with Crippen molar-refractivity contribution >= 4 is 5.91 Å². The summed E-state index contributed by atoms with van der Waals surface area (Å²) in [6, 6.07) is 0. The Morgan fingerprint density at radius 1 is 1.13 bits per heavy atom. The van der Waals surface area contributed by atoms with E-state index in [-0.39, 0.29) is 12.0 Å². The van der Waals surface area contributed by atoms with E-state index in [1.165, 1.54) is 44.1 Å². The lowest BCUT2D eigenvalue weighted by Crippen LogP contribution is -2.47. The second-order valence-corrected chi connectivity index (χ2v) is 8.34. The van der Waals surface area contributed by atoms with Gasteiger partial charge in [-0.05, 0) is 68.6 Å². The minimum absolute atomic E-state index is 0.000885. The van der Waals surface area contributed by atoms with E-state index < -0.39 is 0 Å². The van der Waals surface area contributed by atoms with Gasteiger partial charge in [0.1, 0.15) is 0 Å². The van der Waals surface area contributed by atoms with E-state index in [9.17, 15) is 4.79 Å². The van der Waals surface area contributed by atoms with Crippen LogP contribution in [0.25, 0.3) is 0 Å². The molecule has 0 aromatic rings. The number of ether oxygens (including phenoxy) is 2. The highest BCUT2D eigenvalue weighted by molar-refractivity contribution is 5.88. The van der Waals surface area contributed by atoms with Crippen molar-refractivity contribution in [1.82, 2.24) is 5.32 Å². The normalized spacial score (nSPS) is 42.7. The fraction of sp³-hybridized carbons (Fsp3) is 0.842. The van der Waals surface area contributed by atoms with Crippen LogP contribution in [-0.4, -0.2) is 38.4 Å². The lowest BCUT2D eigenvalue weighted by atomic mass is 9.48. The summed E-state index contributed by atoms with van der Waals surface area (Å²) in [5.74, 6) is 2.79. The first kappa shape index (κ1) is 15.6. The van der Waals surface area contributed by atoms with E-state index in [1.807, 2.05) is 6.08 Å². The lowest BCUT2D eigenvalue weighted by Gasteiger charge is -2.57. The topological polar surface area (TPSA) is 47.6 Å². The van der Waals surface area contributed by atoms with Crippen molar-refractivity contribution in [2.24, 2.45) is 23.2 Å². The van der Waals surface area contributed by atoms with E-state index in [4.69, 9.17) is 9.47 Å². The maximum atomic E-state index is 12.3. The van der Waals surface area contributed by atoms with Crippen LogP contribution < -0.4 is 5.32 Å². The van der Waals surface area contributed by atoms with Crippen LogP contribution in [0.2, 0.25) is 0 Å². The minimum Gasteiger partial charge on any atom is -0.376 e. The van der Waals surface area contributed by atoms with Crippen molar-refractivity contribution in [1.29, 1.82) is 0 Å². The predicted octanol–water partition coefficient (Wildman–Crippen LogP) is 2.68. The summed E-state index contributed by atoms with van der Waals surface area (Å²) in [5, 5.41) is 3.00. The van der Waals surface area contributed by atoms with Gasteiger partial charge in [0.2, 0.25) is 5.91 Å². The number of carbonyl (C=O) groups is 1. The van der Waals surface area contributed by atoms with Crippen LogP contribution in [-0.2, 0) is 14.3 Å². The molecule has 1 amide bonds. The Morgan fingerprint density at radius 2 is 1.78 bits per heavy atom. The molecule has 1 heterocycles. The van der Waals surface area contributed by atoms with Crippen LogP contribution >= 0.6 is 0 Å². The third-order valence-electron chi connectivity index (χ3n) is 6.61. The molecule has 4 nitrogen and oxygen atoms in total. The first-order valence-electron chi connectivity index (χ1n) is 9.29. The first-order chi connectivity index (χ1) is 11.1. The fourth-order valence-electron chi connectivity index (χ4n) is 5.86. The van der Waals surface area contributed by atoms with Crippen molar-refractivity contribution < 1.29 is 14.3 Å². The number of hydrogen-bond donors (Lipinski definition) is 1. The maximum absolute atomic E-state index is 12.3. The number of carbonyl (C=O) groups excluding carboxylic acids is 1. The first-order valence-corrected chi connectivity index (χ1v) is 9.29. The molecule has 0 spiro atoms. The largest absolute Gasteiger partial charge is 0.376 e. The summed E-state index contributed by atoms with van der Waals surface area (Å²) in [6.07, 6.45) is 10.1. The van der Waals surface area contributed by atoms with Gasteiger partial charge in [0.25, 0.3) is 0 Å². The second kappa shape index (κ2) is 6.21. The van der Waals surface area contributed by atoms with Crippen LogP contribution in [0.4, 0.5) is 0 Å². The molecule has 1 N–H and O–H groups in total. The molecule has 1 saturated heterocycles. The summed E-state index contributed by atoms with van der Waals surface area (Å²) in [4.78, 5) is 12.3. The van der Waals surface area contributed by atoms with Gasteiger partial charge in [0.05, 0.1) is 25.9 Å². The van der Waals surface area contributed by atoms with Crippen LogP contribution in [0.1, 0.15) is 45.4 Å². The molecule has 0 aromatic heterocycles. The Hall–Kier alpha value is -0.870. The van der Waals surface area contributed by atoms with Crippen LogP contribution in [0.3, 0.4) is 0 Å². The van der Waals surface area contributed by atoms with Gasteiger partial charge in [0.15, 0.2) is 0 Å². The molecule has 5 fully saturated rings. The third-order valence-corrected chi connectivity index (χ3v) is 6.61. The second-order valence-electron chi connectivity index (χ2n) is 8.34. The molecule has 0 aromatic carbocycles. The molecule has 23 heavy (non-hydrogen) atoms. The predicted molar refractivity (Wildman–Crippen MR) is 87.9 cm³/mol.